The summed E-state index contributed by atoms with van der Waals surface area (Å²) < 4.78 is 0. The van der Waals surface area contributed by atoms with Gasteiger partial charge in [0, 0.05) is 39.3 Å². The molecule has 1 aromatic carbocycles. The summed E-state index contributed by atoms with van der Waals surface area (Å²) in [5, 5.41) is 12.7. The molecule has 0 bridgehead atoms. The van der Waals surface area contributed by atoms with Crippen molar-refractivity contribution in [1.29, 1.82) is 0 Å². The Bertz CT molecular complexity index is 580. The van der Waals surface area contributed by atoms with E-state index in [-0.39, 0.29) is 12.1 Å². The number of nitrogens with one attached hydrogen (secondary N) is 1. The van der Waals surface area contributed by atoms with E-state index >= 15 is 0 Å². The van der Waals surface area contributed by atoms with Crippen LogP contribution in [0.2, 0.25) is 0 Å². The van der Waals surface area contributed by atoms with Gasteiger partial charge in [-0.25, -0.2) is 4.79 Å². The second-order valence-corrected chi connectivity index (χ2v) is 6.91. The fraction of sp³-hybridized carbons (Fsp3) is 0.550. The van der Waals surface area contributed by atoms with Crippen molar-refractivity contribution in [2.75, 3.05) is 26.2 Å². The molecule has 25 heavy (non-hydrogen) atoms. The number of urea groups is 1. The van der Waals surface area contributed by atoms with E-state index in [2.05, 4.69) is 28.9 Å². The second-order valence-electron chi connectivity index (χ2n) is 6.91. The lowest BCUT2D eigenvalue weighted by molar-refractivity contribution is 0.0791. The molecule has 0 spiro atoms. The Labute approximate surface area is 151 Å². The van der Waals surface area contributed by atoms with Crippen molar-refractivity contribution in [2.45, 2.75) is 45.9 Å². The van der Waals surface area contributed by atoms with E-state index < -0.39 is 0 Å². The Morgan fingerprint density at radius 3 is 2.56 bits per heavy atom. The number of aliphatic hydroxyl groups is 1. The van der Waals surface area contributed by atoms with E-state index in [4.69, 9.17) is 0 Å². The quantitative estimate of drug-likeness (QED) is 0.747. The van der Waals surface area contributed by atoms with Gasteiger partial charge in [0.2, 0.25) is 0 Å². The Kier molecular flexibility index (Phi) is 7.47. The summed E-state index contributed by atoms with van der Waals surface area (Å²) in [5.41, 5.74) is 3.36. The molecular formula is C20H31N3O2. The Morgan fingerprint density at radius 2 is 1.96 bits per heavy atom. The maximum absolute atomic E-state index is 12.4. The van der Waals surface area contributed by atoms with E-state index in [0.29, 0.717) is 19.6 Å². The van der Waals surface area contributed by atoms with Crippen LogP contribution in [0.15, 0.2) is 36.4 Å². The van der Waals surface area contributed by atoms with Gasteiger partial charge in [0.05, 0.1) is 6.10 Å². The number of benzene rings is 1. The Morgan fingerprint density at radius 1 is 1.32 bits per heavy atom. The first-order valence-corrected chi connectivity index (χ1v) is 9.14. The molecule has 0 radical (unpaired) electrons. The van der Waals surface area contributed by atoms with Gasteiger partial charge in [-0.15, -0.1) is 0 Å². The lowest BCUT2D eigenvalue weighted by atomic mass is 10.0. The van der Waals surface area contributed by atoms with E-state index in [9.17, 15) is 9.90 Å². The molecule has 0 saturated carbocycles. The van der Waals surface area contributed by atoms with Crippen molar-refractivity contribution in [3.8, 4) is 0 Å². The second kappa shape index (κ2) is 9.59. The van der Waals surface area contributed by atoms with Gasteiger partial charge in [0.1, 0.15) is 0 Å². The highest BCUT2D eigenvalue weighted by Crippen LogP contribution is 2.16. The molecule has 1 aromatic rings. The molecule has 5 heteroatoms. The number of hydrogen-bond acceptors (Lipinski definition) is 3. The van der Waals surface area contributed by atoms with Crippen LogP contribution in [-0.2, 0) is 13.1 Å². The predicted octanol–water partition coefficient (Wildman–Crippen LogP) is 2.75. The van der Waals surface area contributed by atoms with Crippen LogP contribution in [0.25, 0.3) is 0 Å². The summed E-state index contributed by atoms with van der Waals surface area (Å²) in [6.07, 6.45) is 1.52. The zero-order valence-electron chi connectivity index (χ0n) is 15.5. The highest BCUT2D eigenvalue weighted by molar-refractivity contribution is 5.74. The number of likely N-dealkylation sites (N-methyl/N-ethyl adjacent to an activating group) is 1. The first-order valence-electron chi connectivity index (χ1n) is 9.14. The summed E-state index contributed by atoms with van der Waals surface area (Å²) in [6, 6.07) is 8.19. The third-order valence-corrected chi connectivity index (χ3v) is 4.63. The molecule has 2 N–H and O–H groups in total. The first kappa shape index (κ1) is 19.5. The molecule has 1 saturated heterocycles. The number of piperidine rings is 1. The van der Waals surface area contributed by atoms with E-state index in [1.165, 1.54) is 5.56 Å². The van der Waals surface area contributed by atoms with Crippen molar-refractivity contribution in [3.63, 3.8) is 0 Å². The van der Waals surface area contributed by atoms with Gasteiger partial charge in [0.25, 0.3) is 0 Å². The minimum absolute atomic E-state index is 0.0543. The summed E-state index contributed by atoms with van der Waals surface area (Å²) in [7, 11) is 0. The zero-order valence-corrected chi connectivity index (χ0v) is 15.5. The Balaban J connectivity index is 1.93. The average Bonchev–Trinajstić information content (AvgIpc) is 2.60. The maximum Gasteiger partial charge on any atom is 0.317 e. The molecular weight excluding hydrogens is 314 g/mol. The fourth-order valence-electron chi connectivity index (χ4n) is 3.14. The van der Waals surface area contributed by atoms with Crippen molar-refractivity contribution < 1.29 is 9.90 Å². The number of aliphatic hydroxyl groups excluding tert-OH is 1. The van der Waals surface area contributed by atoms with Crippen molar-refractivity contribution in [2.24, 2.45) is 0 Å². The number of hydrogen-bond donors (Lipinski definition) is 2. The highest BCUT2D eigenvalue weighted by atomic mass is 16.3. The van der Waals surface area contributed by atoms with Crippen LogP contribution in [0.1, 0.15) is 37.8 Å². The number of carbonyl (C=O) groups excluding carboxylic acids is 1. The lowest BCUT2D eigenvalue weighted by Crippen LogP contribution is -2.40. The van der Waals surface area contributed by atoms with Crippen LogP contribution in [-0.4, -0.2) is 53.2 Å². The van der Waals surface area contributed by atoms with Gasteiger partial charge in [-0.1, -0.05) is 36.4 Å². The van der Waals surface area contributed by atoms with E-state index in [0.717, 1.165) is 43.6 Å². The zero-order chi connectivity index (χ0) is 18.2. The average molecular weight is 345 g/mol. The maximum atomic E-state index is 12.4. The number of rotatable bonds is 7. The highest BCUT2D eigenvalue weighted by Gasteiger charge is 2.18. The molecule has 1 fully saturated rings. The van der Waals surface area contributed by atoms with Crippen LogP contribution >= 0.6 is 0 Å². The minimum atomic E-state index is -0.154. The lowest BCUT2D eigenvalue weighted by Gasteiger charge is -2.30. The summed E-state index contributed by atoms with van der Waals surface area (Å²) >= 11 is 0. The largest absolute Gasteiger partial charge is 0.393 e. The SMILES string of the molecule is C=C(C)CN(CC)C(=O)NCc1ccccc1CN1CCC(O)CC1. The molecule has 0 atom stereocenters. The van der Waals surface area contributed by atoms with Crippen LogP contribution < -0.4 is 5.32 Å². The molecule has 0 unspecified atom stereocenters. The van der Waals surface area contributed by atoms with Gasteiger partial charge in [-0.3, -0.25) is 4.90 Å². The van der Waals surface area contributed by atoms with Crippen LogP contribution in [0.3, 0.4) is 0 Å². The summed E-state index contributed by atoms with van der Waals surface area (Å²) in [5.74, 6) is 0. The summed E-state index contributed by atoms with van der Waals surface area (Å²) in [6.45, 7) is 12.3. The van der Waals surface area contributed by atoms with Crippen molar-refractivity contribution in [1.82, 2.24) is 15.1 Å². The van der Waals surface area contributed by atoms with Crippen molar-refractivity contribution in [3.05, 3.63) is 47.5 Å². The van der Waals surface area contributed by atoms with E-state index in [1.54, 1.807) is 4.90 Å². The molecule has 1 aliphatic heterocycles. The van der Waals surface area contributed by atoms with Crippen LogP contribution in [0.5, 0.6) is 0 Å². The molecule has 2 rings (SSSR count). The van der Waals surface area contributed by atoms with Gasteiger partial charge in [-0.05, 0) is 37.8 Å². The number of nitrogens with zero attached hydrogens (tertiary/aromatic N) is 2. The molecule has 1 aliphatic rings. The third-order valence-electron chi connectivity index (χ3n) is 4.63. The smallest absolute Gasteiger partial charge is 0.317 e. The normalized spacial score (nSPS) is 15.8. The standard InChI is InChI=1S/C20H31N3O2/c1-4-23(14-16(2)3)20(25)21-13-17-7-5-6-8-18(17)15-22-11-9-19(24)10-12-22/h5-8,19,24H,2,4,9-15H2,1,3H3,(H,21,25). The number of likely N-dealkylation sites (tertiary alicyclic amines) is 1. The molecule has 1 heterocycles. The molecule has 138 valence electrons. The van der Waals surface area contributed by atoms with E-state index in [1.807, 2.05) is 26.0 Å². The number of carbonyl (C=O) groups is 1. The fourth-order valence-corrected chi connectivity index (χ4v) is 3.14. The van der Waals surface area contributed by atoms with Crippen LogP contribution in [0.4, 0.5) is 4.79 Å². The van der Waals surface area contributed by atoms with Gasteiger partial charge in [0.15, 0.2) is 0 Å². The number of amides is 2. The third kappa shape index (κ3) is 6.18. The Hall–Kier alpha value is -1.85. The monoisotopic (exact) mass is 345 g/mol. The van der Waals surface area contributed by atoms with Gasteiger partial charge in [-0.2, -0.15) is 0 Å². The van der Waals surface area contributed by atoms with Crippen molar-refractivity contribution >= 4 is 6.03 Å². The molecule has 2 amide bonds. The minimum Gasteiger partial charge on any atom is -0.393 e. The topological polar surface area (TPSA) is 55.8 Å². The van der Waals surface area contributed by atoms with Gasteiger partial charge >= 0.3 is 6.03 Å². The summed E-state index contributed by atoms with van der Waals surface area (Å²) in [4.78, 5) is 16.5. The predicted molar refractivity (Wildman–Crippen MR) is 101 cm³/mol. The molecule has 0 aliphatic carbocycles. The molecule has 0 aromatic heterocycles. The van der Waals surface area contributed by atoms with Crippen LogP contribution in [0, 0.1) is 0 Å². The van der Waals surface area contributed by atoms with Gasteiger partial charge < -0.3 is 15.3 Å². The molecule has 5 nitrogen and oxygen atoms in total. The first-order chi connectivity index (χ1) is 12.0.